The fourth-order valence-corrected chi connectivity index (χ4v) is 1.19. The van der Waals surface area contributed by atoms with Crippen LogP contribution >= 0.6 is 0 Å². The maximum atomic E-state index is 11.8. The van der Waals surface area contributed by atoms with Crippen molar-refractivity contribution >= 4 is 11.7 Å². The first-order valence-electron chi connectivity index (χ1n) is 5.37. The molecule has 5 nitrogen and oxygen atoms in total. The molecule has 0 radical (unpaired) electrons. The molecule has 0 fully saturated rings. The minimum Gasteiger partial charge on any atom is -0.443 e. The first-order valence-corrected chi connectivity index (χ1v) is 5.37. The lowest BCUT2D eigenvalue weighted by Gasteiger charge is -2.22. The second kappa shape index (κ2) is 5.32. The number of non-ortho nitro benzene ring substituents is 1. The van der Waals surface area contributed by atoms with E-state index in [4.69, 9.17) is 11.2 Å². The molecule has 1 aromatic rings. The fourth-order valence-electron chi connectivity index (χ4n) is 1.19. The molecule has 1 rings (SSSR count). The average molecular weight is 247 g/mol. The summed E-state index contributed by atoms with van der Waals surface area (Å²) in [6.45, 7) is 3.44. The Morgan fingerprint density at radius 3 is 2.44 bits per heavy atom. The van der Waals surface area contributed by atoms with Gasteiger partial charge < -0.3 is 4.74 Å². The molecular formula is C13H13NO4. The van der Waals surface area contributed by atoms with Gasteiger partial charge in [-0.05, 0) is 25.5 Å². The van der Waals surface area contributed by atoms with Crippen LogP contribution in [0.3, 0.4) is 0 Å². The molecule has 0 aliphatic rings. The molecule has 1 aromatic carbocycles. The molecule has 0 aliphatic carbocycles. The van der Waals surface area contributed by atoms with Crippen molar-refractivity contribution in [1.82, 2.24) is 0 Å². The topological polar surface area (TPSA) is 69.4 Å². The third-order valence-electron chi connectivity index (χ3n) is 2.61. The van der Waals surface area contributed by atoms with E-state index in [2.05, 4.69) is 5.92 Å². The normalized spacial score (nSPS) is 13.2. The second-order valence-electron chi connectivity index (χ2n) is 3.92. The minimum absolute atomic E-state index is 0.0817. The molecule has 0 aliphatic heterocycles. The largest absolute Gasteiger partial charge is 0.443 e. The molecule has 1 atom stereocenters. The van der Waals surface area contributed by atoms with Gasteiger partial charge in [-0.15, -0.1) is 6.42 Å². The summed E-state index contributed by atoms with van der Waals surface area (Å²) in [5.74, 6) is 1.82. The molecule has 0 saturated carbocycles. The van der Waals surface area contributed by atoms with Crippen LogP contribution in [0.1, 0.15) is 30.6 Å². The minimum atomic E-state index is -0.959. The predicted molar refractivity (Wildman–Crippen MR) is 66.0 cm³/mol. The van der Waals surface area contributed by atoms with Gasteiger partial charge in [-0.1, -0.05) is 12.8 Å². The SMILES string of the molecule is C#C[C@](C)(CC)OC(=O)c1ccc([N+](=O)[O-])cc1. The van der Waals surface area contributed by atoms with Gasteiger partial charge in [0.1, 0.15) is 0 Å². The van der Waals surface area contributed by atoms with Crippen LogP contribution in [-0.2, 0) is 4.74 Å². The molecule has 0 unspecified atom stereocenters. The predicted octanol–water partition coefficient (Wildman–Crippen LogP) is 2.55. The molecule has 0 spiro atoms. The number of nitro groups is 1. The number of terminal acetylenes is 1. The summed E-state index contributed by atoms with van der Waals surface area (Å²) in [4.78, 5) is 21.7. The van der Waals surface area contributed by atoms with E-state index in [0.29, 0.717) is 6.42 Å². The number of rotatable bonds is 4. The van der Waals surface area contributed by atoms with Crippen molar-refractivity contribution in [3.63, 3.8) is 0 Å². The zero-order valence-corrected chi connectivity index (χ0v) is 10.2. The standard InChI is InChI=1S/C13H13NO4/c1-4-13(3,5-2)18-12(15)10-6-8-11(9-7-10)14(16)17/h1,6-9H,5H2,2-3H3/t13-/m1/s1. The van der Waals surface area contributed by atoms with Gasteiger partial charge in [-0.25, -0.2) is 4.79 Å². The van der Waals surface area contributed by atoms with E-state index in [-0.39, 0.29) is 11.3 Å². The van der Waals surface area contributed by atoms with Crippen LogP contribution in [0.2, 0.25) is 0 Å². The Kier molecular flexibility index (Phi) is 4.05. The molecule has 5 heteroatoms. The van der Waals surface area contributed by atoms with Crippen molar-refractivity contribution in [1.29, 1.82) is 0 Å². The van der Waals surface area contributed by atoms with Gasteiger partial charge >= 0.3 is 5.97 Å². The molecule has 0 heterocycles. The van der Waals surface area contributed by atoms with Crippen LogP contribution in [0, 0.1) is 22.5 Å². The lowest BCUT2D eigenvalue weighted by Crippen LogP contribution is -2.29. The number of hydrogen-bond donors (Lipinski definition) is 0. The zero-order chi connectivity index (χ0) is 13.8. The van der Waals surface area contributed by atoms with Gasteiger partial charge in [0.05, 0.1) is 10.5 Å². The van der Waals surface area contributed by atoms with Crippen molar-refractivity contribution in [3.05, 3.63) is 39.9 Å². The van der Waals surface area contributed by atoms with Crippen LogP contribution in [0.25, 0.3) is 0 Å². The van der Waals surface area contributed by atoms with Gasteiger partial charge in [0.25, 0.3) is 5.69 Å². The average Bonchev–Trinajstić information content (AvgIpc) is 2.38. The van der Waals surface area contributed by atoms with Gasteiger partial charge in [0.2, 0.25) is 0 Å². The number of carbonyl (C=O) groups is 1. The summed E-state index contributed by atoms with van der Waals surface area (Å²) in [6.07, 6.45) is 5.78. The Bertz CT molecular complexity index is 501. The summed E-state index contributed by atoms with van der Waals surface area (Å²) >= 11 is 0. The first-order chi connectivity index (χ1) is 8.41. The molecule has 0 aromatic heterocycles. The van der Waals surface area contributed by atoms with E-state index in [0.717, 1.165) is 0 Å². The van der Waals surface area contributed by atoms with Crippen LogP contribution in [0.5, 0.6) is 0 Å². The third-order valence-corrected chi connectivity index (χ3v) is 2.61. The van der Waals surface area contributed by atoms with Gasteiger partial charge in [-0.2, -0.15) is 0 Å². The van der Waals surface area contributed by atoms with E-state index >= 15 is 0 Å². The van der Waals surface area contributed by atoms with E-state index in [9.17, 15) is 14.9 Å². The van der Waals surface area contributed by atoms with Crippen LogP contribution in [0.15, 0.2) is 24.3 Å². The maximum absolute atomic E-state index is 11.8. The Morgan fingerprint density at radius 1 is 1.50 bits per heavy atom. The molecule has 0 bridgehead atoms. The highest BCUT2D eigenvalue weighted by Gasteiger charge is 2.24. The first kappa shape index (κ1) is 13.7. The summed E-state index contributed by atoms with van der Waals surface area (Å²) in [6, 6.07) is 5.17. The Balaban J connectivity index is 2.86. The zero-order valence-electron chi connectivity index (χ0n) is 10.2. The van der Waals surface area contributed by atoms with Crippen molar-refractivity contribution in [3.8, 4) is 12.3 Å². The summed E-state index contributed by atoms with van der Waals surface area (Å²) in [7, 11) is 0. The molecule has 94 valence electrons. The van der Waals surface area contributed by atoms with Crippen molar-refractivity contribution in [2.45, 2.75) is 25.9 Å². The number of nitrogens with zero attached hydrogens (tertiary/aromatic N) is 1. The van der Waals surface area contributed by atoms with Gasteiger partial charge in [0, 0.05) is 12.1 Å². The molecule has 0 saturated heterocycles. The lowest BCUT2D eigenvalue weighted by molar-refractivity contribution is -0.384. The van der Waals surface area contributed by atoms with Crippen molar-refractivity contribution in [2.24, 2.45) is 0 Å². The lowest BCUT2D eigenvalue weighted by atomic mass is 10.0. The quantitative estimate of drug-likeness (QED) is 0.355. The number of nitro benzene ring substituents is 1. The summed E-state index contributed by atoms with van der Waals surface area (Å²) in [5, 5.41) is 10.5. The number of benzene rings is 1. The molecule has 0 amide bonds. The van der Waals surface area contributed by atoms with Crippen molar-refractivity contribution in [2.75, 3.05) is 0 Å². The van der Waals surface area contributed by atoms with E-state index in [1.165, 1.54) is 24.3 Å². The number of ether oxygens (including phenoxy) is 1. The molecule has 0 N–H and O–H groups in total. The summed E-state index contributed by atoms with van der Waals surface area (Å²) < 4.78 is 5.18. The van der Waals surface area contributed by atoms with Crippen molar-refractivity contribution < 1.29 is 14.5 Å². The molecule has 18 heavy (non-hydrogen) atoms. The number of esters is 1. The Hall–Kier alpha value is -2.35. The number of hydrogen-bond acceptors (Lipinski definition) is 4. The van der Waals surface area contributed by atoms with Gasteiger partial charge in [0.15, 0.2) is 5.60 Å². The molecular weight excluding hydrogens is 234 g/mol. The Labute approximate surface area is 105 Å². The Morgan fingerprint density at radius 2 is 2.06 bits per heavy atom. The highest BCUT2D eigenvalue weighted by molar-refractivity contribution is 5.90. The smallest absolute Gasteiger partial charge is 0.339 e. The number of carbonyl (C=O) groups excluding carboxylic acids is 1. The highest BCUT2D eigenvalue weighted by Crippen LogP contribution is 2.18. The van der Waals surface area contributed by atoms with Gasteiger partial charge in [-0.3, -0.25) is 10.1 Å². The second-order valence-corrected chi connectivity index (χ2v) is 3.92. The van der Waals surface area contributed by atoms with E-state index in [1.54, 1.807) is 6.92 Å². The van der Waals surface area contributed by atoms with Crippen LogP contribution in [-0.4, -0.2) is 16.5 Å². The summed E-state index contributed by atoms with van der Waals surface area (Å²) in [5.41, 5.74) is -0.809. The highest BCUT2D eigenvalue weighted by atomic mass is 16.6. The third kappa shape index (κ3) is 3.08. The van der Waals surface area contributed by atoms with Crippen LogP contribution < -0.4 is 0 Å². The monoisotopic (exact) mass is 247 g/mol. The maximum Gasteiger partial charge on any atom is 0.339 e. The van der Waals surface area contributed by atoms with Crippen LogP contribution in [0.4, 0.5) is 5.69 Å². The van der Waals surface area contributed by atoms with E-state index in [1.807, 2.05) is 6.92 Å². The fraction of sp³-hybridized carbons (Fsp3) is 0.308. The van der Waals surface area contributed by atoms with E-state index < -0.39 is 16.5 Å².